The van der Waals surface area contributed by atoms with E-state index >= 15 is 0 Å². The third kappa shape index (κ3) is 4.68. The first kappa shape index (κ1) is 20.1. The zero-order valence-electron chi connectivity index (χ0n) is 16.4. The van der Waals surface area contributed by atoms with E-state index in [2.05, 4.69) is 5.32 Å². The molecule has 3 aromatic rings. The summed E-state index contributed by atoms with van der Waals surface area (Å²) >= 11 is 1.54. The van der Waals surface area contributed by atoms with Gasteiger partial charge in [0.15, 0.2) is 0 Å². The Hall–Kier alpha value is -3.19. The lowest BCUT2D eigenvalue weighted by atomic mass is 10.1. The Balaban J connectivity index is 1.49. The Morgan fingerprint density at radius 3 is 2.60 bits per heavy atom. The van der Waals surface area contributed by atoms with Crippen molar-refractivity contribution in [3.05, 3.63) is 82.3 Å². The van der Waals surface area contributed by atoms with Gasteiger partial charge in [-0.3, -0.25) is 9.69 Å². The molecule has 0 unspecified atom stereocenters. The Morgan fingerprint density at radius 1 is 1.03 bits per heavy atom. The predicted octanol–water partition coefficient (Wildman–Crippen LogP) is 4.90. The van der Waals surface area contributed by atoms with Crippen molar-refractivity contribution in [1.82, 2.24) is 4.90 Å². The first-order valence-electron chi connectivity index (χ1n) is 9.82. The van der Waals surface area contributed by atoms with E-state index < -0.39 is 0 Å². The number of halogens is 1. The number of benzene rings is 2. The van der Waals surface area contributed by atoms with Crippen molar-refractivity contribution in [3.63, 3.8) is 0 Å². The van der Waals surface area contributed by atoms with Crippen molar-refractivity contribution in [2.75, 3.05) is 23.3 Å². The summed E-state index contributed by atoms with van der Waals surface area (Å²) in [7, 11) is 0. The number of hydrogen-bond acceptors (Lipinski definition) is 3. The van der Waals surface area contributed by atoms with Crippen LogP contribution in [0.3, 0.4) is 0 Å². The Labute approximate surface area is 178 Å². The zero-order chi connectivity index (χ0) is 20.9. The Morgan fingerprint density at radius 2 is 1.83 bits per heavy atom. The lowest BCUT2D eigenvalue weighted by molar-refractivity contribution is -0.115. The average Bonchev–Trinajstić information content (AvgIpc) is 3.25. The van der Waals surface area contributed by atoms with Crippen LogP contribution in [0.5, 0.6) is 0 Å². The highest BCUT2D eigenvalue weighted by Crippen LogP contribution is 2.29. The van der Waals surface area contributed by atoms with Crippen LogP contribution in [0.2, 0.25) is 0 Å². The van der Waals surface area contributed by atoms with Gasteiger partial charge in [0.1, 0.15) is 5.82 Å². The molecule has 154 valence electrons. The summed E-state index contributed by atoms with van der Waals surface area (Å²) < 4.78 is 13.2. The normalized spacial score (nSPS) is 14.1. The van der Waals surface area contributed by atoms with E-state index in [0.29, 0.717) is 37.4 Å². The van der Waals surface area contributed by atoms with Crippen LogP contribution in [0.25, 0.3) is 0 Å². The number of rotatable bonds is 6. The summed E-state index contributed by atoms with van der Waals surface area (Å²) in [5.74, 6) is -0.407. The number of amides is 3. The van der Waals surface area contributed by atoms with Gasteiger partial charge in [0.05, 0.1) is 17.8 Å². The summed E-state index contributed by atoms with van der Waals surface area (Å²) in [6.07, 6.45) is 1.11. The molecule has 1 N–H and O–H groups in total. The summed E-state index contributed by atoms with van der Waals surface area (Å²) in [4.78, 5) is 30.1. The summed E-state index contributed by atoms with van der Waals surface area (Å²) in [5, 5.41) is 4.89. The van der Waals surface area contributed by atoms with Gasteiger partial charge in [-0.2, -0.15) is 0 Å². The Kier molecular flexibility index (Phi) is 6.09. The third-order valence-corrected chi connectivity index (χ3v) is 5.86. The van der Waals surface area contributed by atoms with E-state index in [0.717, 1.165) is 16.9 Å². The van der Waals surface area contributed by atoms with Gasteiger partial charge in [-0.25, -0.2) is 9.18 Å². The SMILES string of the molecule is O=C(Cc1cccs1)Nc1ccccc1N1CCCN(Cc2ccc(F)cc2)C1=O. The first-order valence-corrected chi connectivity index (χ1v) is 10.7. The van der Waals surface area contributed by atoms with Gasteiger partial charge in [0, 0.05) is 24.5 Å². The maximum atomic E-state index is 13.2. The van der Waals surface area contributed by atoms with Crippen molar-refractivity contribution in [2.45, 2.75) is 19.4 Å². The number of carbonyl (C=O) groups excluding carboxylic acids is 2. The maximum Gasteiger partial charge on any atom is 0.324 e. The minimum atomic E-state index is -0.294. The quantitative estimate of drug-likeness (QED) is 0.613. The molecule has 0 saturated carbocycles. The molecule has 0 spiro atoms. The Bertz CT molecular complexity index is 1020. The number of anilines is 2. The number of nitrogens with zero attached hydrogens (tertiary/aromatic N) is 2. The zero-order valence-corrected chi connectivity index (χ0v) is 17.2. The second-order valence-corrected chi connectivity index (χ2v) is 8.19. The summed E-state index contributed by atoms with van der Waals surface area (Å²) in [6, 6.07) is 17.3. The van der Waals surface area contributed by atoms with Crippen LogP contribution < -0.4 is 10.2 Å². The van der Waals surface area contributed by atoms with Gasteiger partial charge in [0.25, 0.3) is 0 Å². The molecule has 30 heavy (non-hydrogen) atoms. The van der Waals surface area contributed by atoms with Gasteiger partial charge in [0.2, 0.25) is 5.91 Å². The lowest BCUT2D eigenvalue weighted by Gasteiger charge is -2.36. The fourth-order valence-corrected chi connectivity index (χ4v) is 4.25. The number of carbonyl (C=O) groups is 2. The molecule has 3 amide bonds. The summed E-state index contributed by atoms with van der Waals surface area (Å²) in [5.41, 5.74) is 2.19. The van der Waals surface area contributed by atoms with E-state index in [1.54, 1.807) is 33.3 Å². The molecule has 4 rings (SSSR count). The molecule has 5 nitrogen and oxygen atoms in total. The molecule has 0 atom stereocenters. The second kappa shape index (κ2) is 9.09. The number of para-hydroxylation sites is 2. The first-order chi connectivity index (χ1) is 14.6. The molecule has 0 radical (unpaired) electrons. The third-order valence-electron chi connectivity index (χ3n) is 4.98. The highest BCUT2D eigenvalue weighted by atomic mass is 32.1. The van der Waals surface area contributed by atoms with Crippen LogP contribution in [0.1, 0.15) is 16.9 Å². The molecule has 7 heteroatoms. The lowest BCUT2D eigenvalue weighted by Crippen LogP contribution is -2.49. The van der Waals surface area contributed by atoms with Crippen molar-refractivity contribution in [2.24, 2.45) is 0 Å². The van der Waals surface area contributed by atoms with Crippen LogP contribution in [0.4, 0.5) is 20.6 Å². The summed E-state index contributed by atoms with van der Waals surface area (Å²) in [6.45, 7) is 1.64. The van der Waals surface area contributed by atoms with Crippen molar-refractivity contribution < 1.29 is 14.0 Å². The molecule has 0 aliphatic carbocycles. The van der Waals surface area contributed by atoms with E-state index in [4.69, 9.17) is 0 Å². The van der Waals surface area contributed by atoms with E-state index in [-0.39, 0.29) is 17.8 Å². The van der Waals surface area contributed by atoms with Crippen molar-refractivity contribution in [1.29, 1.82) is 0 Å². The highest BCUT2D eigenvalue weighted by Gasteiger charge is 2.28. The standard InChI is InChI=1S/C23H22FN3O2S/c24-18-10-8-17(9-11-18)16-26-12-4-13-27(23(26)29)21-7-2-1-6-20(21)25-22(28)15-19-5-3-14-30-19/h1-3,5-11,14H,4,12-13,15-16H2,(H,25,28). The van der Waals surface area contributed by atoms with Gasteiger partial charge in [-0.05, 0) is 47.7 Å². The maximum absolute atomic E-state index is 13.2. The molecule has 1 aliphatic heterocycles. The van der Waals surface area contributed by atoms with Crippen molar-refractivity contribution >= 4 is 34.6 Å². The number of urea groups is 1. The minimum Gasteiger partial charge on any atom is -0.324 e. The van der Waals surface area contributed by atoms with Crippen LogP contribution in [-0.2, 0) is 17.8 Å². The van der Waals surface area contributed by atoms with Gasteiger partial charge in [-0.15, -0.1) is 11.3 Å². The van der Waals surface area contributed by atoms with E-state index in [9.17, 15) is 14.0 Å². The van der Waals surface area contributed by atoms with Crippen LogP contribution in [0.15, 0.2) is 66.0 Å². The minimum absolute atomic E-state index is 0.113. The molecule has 2 aromatic carbocycles. The number of hydrogen-bond donors (Lipinski definition) is 1. The number of thiophene rings is 1. The van der Waals surface area contributed by atoms with Gasteiger partial charge in [-0.1, -0.05) is 30.3 Å². The topological polar surface area (TPSA) is 52.7 Å². The monoisotopic (exact) mass is 423 g/mol. The van der Waals surface area contributed by atoms with Crippen LogP contribution in [0, 0.1) is 5.82 Å². The molecule has 2 heterocycles. The smallest absolute Gasteiger partial charge is 0.324 e. The molecule has 1 saturated heterocycles. The highest BCUT2D eigenvalue weighted by molar-refractivity contribution is 7.10. The largest absolute Gasteiger partial charge is 0.324 e. The van der Waals surface area contributed by atoms with E-state index in [1.165, 1.54) is 12.1 Å². The fraction of sp³-hybridized carbons (Fsp3) is 0.217. The molecule has 0 bridgehead atoms. The fourth-order valence-electron chi connectivity index (χ4n) is 3.54. The van der Waals surface area contributed by atoms with Gasteiger partial charge < -0.3 is 10.2 Å². The number of nitrogens with one attached hydrogen (secondary N) is 1. The predicted molar refractivity (Wildman–Crippen MR) is 117 cm³/mol. The molecular formula is C23H22FN3O2S. The van der Waals surface area contributed by atoms with E-state index in [1.807, 2.05) is 41.8 Å². The second-order valence-electron chi connectivity index (χ2n) is 7.16. The molecule has 1 aromatic heterocycles. The van der Waals surface area contributed by atoms with Gasteiger partial charge >= 0.3 is 6.03 Å². The molecular weight excluding hydrogens is 401 g/mol. The average molecular weight is 424 g/mol. The molecule has 1 fully saturated rings. The van der Waals surface area contributed by atoms with Crippen molar-refractivity contribution in [3.8, 4) is 0 Å². The molecule has 1 aliphatic rings. The van der Waals surface area contributed by atoms with Crippen LogP contribution in [-0.4, -0.2) is 29.9 Å². The van der Waals surface area contributed by atoms with Crippen LogP contribution >= 0.6 is 11.3 Å².